The molecule has 0 saturated heterocycles. The molecule has 12 heavy (non-hydrogen) atoms. The Labute approximate surface area is 79.5 Å². The maximum absolute atomic E-state index is 4.26. The summed E-state index contributed by atoms with van der Waals surface area (Å²) in [6.45, 7) is 3.89. The van der Waals surface area contributed by atoms with Crippen LogP contribution in [0.5, 0.6) is 0 Å². The molecule has 0 aromatic carbocycles. The van der Waals surface area contributed by atoms with Gasteiger partial charge in [-0.15, -0.1) is 0 Å². The van der Waals surface area contributed by atoms with Crippen molar-refractivity contribution in [3.8, 4) is 0 Å². The van der Waals surface area contributed by atoms with Crippen LogP contribution in [0.15, 0.2) is 40.3 Å². The number of rotatable bonds is 0. The number of amidine groups is 1. The lowest BCUT2D eigenvalue weighted by Gasteiger charge is -2.18. The minimum Gasteiger partial charge on any atom is -0.285 e. The third-order valence-corrected chi connectivity index (χ3v) is 2.29. The van der Waals surface area contributed by atoms with Gasteiger partial charge in [-0.1, -0.05) is 22.5 Å². The molecule has 0 fully saturated rings. The third-order valence-electron chi connectivity index (χ3n) is 1.80. The number of hydrogen-bond acceptors (Lipinski definition) is 3. The first-order valence-corrected chi connectivity index (χ1v) is 4.33. The first-order valence-electron chi connectivity index (χ1n) is 3.54. The van der Waals surface area contributed by atoms with Gasteiger partial charge >= 0.3 is 0 Å². The zero-order chi connectivity index (χ0) is 8.72. The molecule has 0 unspecified atom stereocenters. The van der Waals surface area contributed by atoms with Crippen LogP contribution in [0.2, 0.25) is 0 Å². The summed E-state index contributed by atoms with van der Waals surface area (Å²) in [6.07, 6.45) is 5.85. The summed E-state index contributed by atoms with van der Waals surface area (Å²) in [5.74, 6) is 1.77. The van der Waals surface area contributed by atoms with Crippen molar-refractivity contribution in [1.29, 1.82) is 0 Å². The lowest BCUT2D eigenvalue weighted by atomic mass is 10.3. The highest BCUT2D eigenvalue weighted by Gasteiger charge is 2.23. The number of hydrogen-bond donors (Lipinski definition) is 0. The molecular formula is C8H8BrN3. The summed E-state index contributed by atoms with van der Waals surface area (Å²) in [5, 5.41) is 6.01. The smallest absolute Gasteiger partial charge is 0.159 e. The molecule has 2 aliphatic rings. The van der Waals surface area contributed by atoms with Crippen molar-refractivity contribution in [1.82, 2.24) is 9.91 Å². The van der Waals surface area contributed by atoms with E-state index >= 15 is 0 Å². The maximum Gasteiger partial charge on any atom is 0.159 e. The Bertz CT molecular complexity index is 327. The van der Waals surface area contributed by atoms with Gasteiger partial charge in [0.15, 0.2) is 5.84 Å². The Hall–Kier alpha value is -1.03. The van der Waals surface area contributed by atoms with Crippen LogP contribution in [0.4, 0.5) is 0 Å². The van der Waals surface area contributed by atoms with Crippen LogP contribution in [-0.2, 0) is 0 Å². The molecule has 0 aromatic rings. The maximum atomic E-state index is 4.26. The van der Waals surface area contributed by atoms with E-state index in [1.165, 1.54) is 0 Å². The van der Waals surface area contributed by atoms with E-state index in [2.05, 4.69) is 27.6 Å². The van der Waals surface area contributed by atoms with Crippen molar-refractivity contribution in [2.45, 2.75) is 0 Å². The predicted molar refractivity (Wildman–Crippen MR) is 52.3 cm³/mol. The number of fused-ring (bicyclic) bond motifs is 1. The number of nitrogens with zero attached hydrogens (tertiary/aromatic N) is 3. The molecule has 4 heteroatoms. The predicted octanol–water partition coefficient (Wildman–Crippen LogP) is 1.82. The lowest BCUT2D eigenvalue weighted by molar-refractivity contribution is 0.415. The summed E-state index contributed by atoms with van der Waals surface area (Å²) in [5.41, 5.74) is 0. The van der Waals surface area contributed by atoms with E-state index in [0.717, 1.165) is 16.1 Å². The molecule has 62 valence electrons. The Morgan fingerprint density at radius 1 is 1.58 bits per heavy atom. The average Bonchev–Trinajstić information content (AvgIpc) is 2.28. The molecule has 0 aromatic heterocycles. The van der Waals surface area contributed by atoms with Crippen LogP contribution < -0.4 is 0 Å². The SMILES string of the molecule is C=C1N(C)N=C2C=C(Br)C=CN12. The van der Waals surface area contributed by atoms with E-state index in [9.17, 15) is 0 Å². The molecule has 0 bridgehead atoms. The van der Waals surface area contributed by atoms with Crippen LogP contribution >= 0.6 is 15.9 Å². The molecule has 0 spiro atoms. The molecule has 0 amide bonds. The van der Waals surface area contributed by atoms with E-state index in [-0.39, 0.29) is 0 Å². The van der Waals surface area contributed by atoms with Gasteiger partial charge in [-0.2, -0.15) is 5.10 Å². The minimum atomic E-state index is 0.873. The molecule has 3 nitrogen and oxygen atoms in total. The fourth-order valence-corrected chi connectivity index (χ4v) is 1.45. The minimum absolute atomic E-state index is 0.873. The monoisotopic (exact) mass is 225 g/mol. The van der Waals surface area contributed by atoms with E-state index in [1.54, 1.807) is 5.01 Å². The first kappa shape index (κ1) is 7.61. The van der Waals surface area contributed by atoms with Gasteiger partial charge in [0.1, 0.15) is 5.82 Å². The summed E-state index contributed by atoms with van der Waals surface area (Å²) in [4.78, 5) is 1.94. The van der Waals surface area contributed by atoms with E-state index in [0.29, 0.717) is 0 Å². The van der Waals surface area contributed by atoms with Gasteiger partial charge in [0.25, 0.3) is 0 Å². The molecule has 0 atom stereocenters. The van der Waals surface area contributed by atoms with Crippen molar-refractivity contribution < 1.29 is 0 Å². The zero-order valence-corrected chi connectivity index (χ0v) is 8.24. The van der Waals surface area contributed by atoms with Crippen LogP contribution in [0, 0.1) is 0 Å². The van der Waals surface area contributed by atoms with Crippen molar-refractivity contribution in [2.24, 2.45) is 5.10 Å². The molecule has 2 aliphatic heterocycles. The van der Waals surface area contributed by atoms with E-state index in [4.69, 9.17) is 0 Å². The second-order valence-corrected chi connectivity index (χ2v) is 3.53. The van der Waals surface area contributed by atoms with Crippen molar-refractivity contribution in [3.05, 3.63) is 35.2 Å². The van der Waals surface area contributed by atoms with Gasteiger partial charge in [0, 0.05) is 17.7 Å². The second kappa shape index (κ2) is 2.48. The van der Waals surface area contributed by atoms with Gasteiger partial charge < -0.3 is 0 Å². The van der Waals surface area contributed by atoms with Crippen LogP contribution in [0.1, 0.15) is 0 Å². The highest BCUT2D eigenvalue weighted by molar-refractivity contribution is 9.11. The molecule has 2 heterocycles. The van der Waals surface area contributed by atoms with Gasteiger partial charge in [-0.3, -0.25) is 9.91 Å². The summed E-state index contributed by atoms with van der Waals surface area (Å²) in [6, 6.07) is 0. The number of halogens is 1. The molecule has 0 radical (unpaired) electrons. The highest BCUT2D eigenvalue weighted by atomic mass is 79.9. The topological polar surface area (TPSA) is 18.8 Å². The fourth-order valence-electron chi connectivity index (χ4n) is 1.13. The molecule has 0 N–H and O–H groups in total. The van der Waals surface area contributed by atoms with Crippen molar-refractivity contribution in [2.75, 3.05) is 7.05 Å². The molecule has 2 rings (SSSR count). The van der Waals surface area contributed by atoms with Gasteiger partial charge in [-0.05, 0) is 12.2 Å². The van der Waals surface area contributed by atoms with Crippen molar-refractivity contribution in [3.63, 3.8) is 0 Å². The summed E-state index contributed by atoms with van der Waals surface area (Å²) < 4.78 is 1.03. The Kier molecular flexibility index (Phi) is 1.58. The van der Waals surface area contributed by atoms with Crippen LogP contribution in [-0.4, -0.2) is 22.8 Å². The second-order valence-electron chi connectivity index (χ2n) is 2.61. The van der Waals surface area contributed by atoms with E-state index < -0.39 is 0 Å². The standard InChI is InChI=1S/C8H8BrN3/c1-6-11(2)10-8-5-7(9)3-4-12(6)8/h3-5H,1H2,2H3. The zero-order valence-electron chi connectivity index (χ0n) is 6.66. The van der Waals surface area contributed by atoms with Gasteiger partial charge in [0.2, 0.25) is 0 Å². The van der Waals surface area contributed by atoms with Gasteiger partial charge in [0.05, 0.1) is 0 Å². The number of hydrazone groups is 1. The fraction of sp³-hybridized carbons (Fsp3) is 0.125. The lowest BCUT2D eigenvalue weighted by Crippen LogP contribution is -2.22. The van der Waals surface area contributed by atoms with Crippen LogP contribution in [0.3, 0.4) is 0 Å². The van der Waals surface area contributed by atoms with E-state index in [1.807, 2.05) is 30.3 Å². The molecular weight excluding hydrogens is 218 g/mol. The molecule has 0 saturated carbocycles. The first-order chi connectivity index (χ1) is 5.68. The Morgan fingerprint density at radius 3 is 3.08 bits per heavy atom. The third kappa shape index (κ3) is 0.992. The Balaban J connectivity index is 2.40. The highest BCUT2D eigenvalue weighted by Crippen LogP contribution is 2.24. The summed E-state index contributed by atoms with van der Waals surface area (Å²) >= 11 is 3.38. The Morgan fingerprint density at radius 2 is 2.33 bits per heavy atom. The average molecular weight is 226 g/mol. The van der Waals surface area contributed by atoms with Crippen LogP contribution in [0.25, 0.3) is 0 Å². The summed E-state index contributed by atoms with van der Waals surface area (Å²) in [7, 11) is 1.88. The van der Waals surface area contributed by atoms with Crippen molar-refractivity contribution >= 4 is 21.8 Å². The largest absolute Gasteiger partial charge is 0.285 e. The molecule has 0 aliphatic carbocycles. The quantitative estimate of drug-likeness (QED) is 0.627. The van der Waals surface area contributed by atoms with Gasteiger partial charge in [-0.25, -0.2) is 0 Å². The number of allylic oxidation sites excluding steroid dienone is 2. The normalized spacial score (nSPS) is 21.0.